The number of nitrogens with one attached hydrogen (secondary N) is 1. The van der Waals surface area contributed by atoms with Gasteiger partial charge in [0.1, 0.15) is 30.4 Å². The highest BCUT2D eigenvalue weighted by atomic mass is 35.5. The quantitative estimate of drug-likeness (QED) is 0.125. The van der Waals surface area contributed by atoms with Crippen LogP contribution in [0.4, 0.5) is 4.79 Å². The number of aromatic nitrogens is 3. The van der Waals surface area contributed by atoms with Crippen LogP contribution in [-0.2, 0) is 24.5 Å². The molecule has 0 spiro atoms. The van der Waals surface area contributed by atoms with Crippen molar-refractivity contribution in [1.82, 2.24) is 20.3 Å². The fraction of sp³-hybridized carbons (Fsp3) is 0.382. The van der Waals surface area contributed by atoms with Crippen molar-refractivity contribution in [3.05, 3.63) is 96.3 Å². The van der Waals surface area contributed by atoms with Crippen molar-refractivity contribution >= 4 is 18.5 Å². The first kappa shape index (κ1) is 34.4. The number of nitrogens with zero attached hydrogens (tertiary/aromatic N) is 3. The zero-order valence-electron chi connectivity index (χ0n) is 25.6. The van der Waals surface area contributed by atoms with Gasteiger partial charge in [0.05, 0.1) is 25.4 Å². The molecular weight excluding hydrogens is 578 g/mol. The number of amides is 1. The second kappa shape index (κ2) is 18.6. The summed E-state index contributed by atoms with van der Waals surface area (Å²) in [7, 11) is 0. The number of hydrogen-bond acceptors (Lipinski definition) is 7. The lowest BCUT2D eigenvalue weighted by Gasteiger charge is -2.18. The van der Waals surface area contributed by atoms with Crippen LogP contribution in [0.1, 0.15) is 50.8 Å². The first-order valence-corrected chi connectivity index (χ1v) is 15.0. The molecule has 0 radical (unpaired) electrons. The van der Waals surface area contributed by atoms with Crippen LogP contribution in [0.25, 0.3) is 11.1 Å². The van der Waals surface area contributed by atoms with Crippen LogP contribution >= 0.6 is 12.4 Å². The number of nitrogens with two attached hydrogens (primary N) is 1. The molecule has 44 heavy (non-hydrogen) atoms. The van der Waals surface area contributed by atoms with E-state index < -0.39 is 6.09 Å². The summed E-state index contributed by atoms with van der Waals surface area (Å²) in [6, 6.07) is 25.4. The third-order valence-electron chi connectivity index (χ3n) is 6.93. The van der Waals surface area contributed by atoms with Crippen molar-refractivity contribution in [3.8, 4) is 22.6 Å². The number of alkyl carbamates (subject to hydrolysis) is 1. The van der Waals surface area contributed by atoms with Crippen molar-refractivity contribution in [2.75, 3.05) is 13.2 Å². The molecule has 3 N–H and O–H groups in total. The first-order valence-electron chi connectivity index (χ1n) is 15.0. The number of hydrogen-bond donors (Lipinski definition) is 2. The zero-order valence-corrected chi connectivity index (χ0v) is 26.4. The molecule has 1 atom stereocenters. The third-order valence-corrected chi connectivity index (χ3v) is 6.93. The molecule has 1 amide bonds. The number of para-hydroxylation sites is 2. The Labute approximate surface area is 266 Å². The largest absolute Gasteiger partial charge is 0.493 e. The molecule has 0 aliphatic carbocycles. The van der Waals surface area contributed by atoms with Gasteiger partial charge < -0.3 is 25.3 Å². The van der Waals surface area contributed by atoms with Gasteiger partial charge in [0.25, 0.3) is 0 Å². The third kappa shape index (κ3) is 11.2. The van der Waals surface area contributed by atoms with Gasteiger partial charge in [-0.15, -0.1) is 17.5 Å². The van der Waals surface area contributed by atoms with E-state index in [0.29, 0.717) is 31.3 Å². The summed E-state index contributed by atoms with van der Waals surface area (Å²) in [6.07, 6.45) is 4.87. The zero-order chi connectivity index (χ0) is 30.3. The highest BCUT2D eigenvalue weighted by molar-refractivity contribution is 5.85. The second-order valence-corrected chi connectivity index (χ2v) is 10.9. The molecule has 0 aliphatic rings. The predicted molar refractivity (Wildman–Crippen MR) is 175 cm³/mol. The van der Waals surface area contributed by atoms with E-state index >= 15 is 0 Å². The van der Waals surface area contributed by atoms with Gasteiger partial charge >= 0.3 is 6.09 Å². The maximum Gasteiger partial charge on any atom is 0.407 e. The minimum Gasteiger partial charge on any atom is -0.493 e. The van der Waals surface area contributed by atoms with Crippen molar-refractivity contribution in [2.24, 2.45) is 11.7 Å². The summed E-state index contributed by atoms with van der Waals surface area (Å²) in [5.74, 6) is 2.14. The van der Waals surface area contributed by atoms with Crippen LogP contribution in [-0.4, -0.2) is 40.3 Å². The number of rotatable bonds is 17. The monoisotopic (exact) mass is 621 g/mol. The number of carbonyl (C=O) groups excluding carboxylic acids is 1. The van der Waals surface area contributed by atoms with Gasteiger partial charge in [-0.25, -0.2) is 4.79 Å². The lowest BCUT2D eigenvalue weighted by molar-refractivity contribution is 0.133. The van der Waals surface area contributed by atoms with Crippen LogP contribution in [0.15, 0.2) is 85.1 Å². The molecule has 0 aliphatic heterocycles. The SMILES string of the molecule is CC(C)CCOc1ccccc1-c1ccccc1OCc1cn(C[C@@H](CCCCN)NC(=O)OCc2ccccc2)nn1.Cl. The minimum atomic E-state index is -0.463. The topological polar surface area (TPSA) is 114 Å². The van der Waals surface area contributed by atoms with Gasteiger partial charge in [-0.2, -0.15) is 0 Å². The van der Waals surface area contributed by atoms with Crippen molar-refractivity contribution in [3.63, 3.8) is 0 Å². The number of carbonyl (C=O) groups is 1. The van der Waals surface area contributed by atoms with Gasteiger partial charge in [0.2, 0.25) is 0 Å². The second-order valence-electron chi connectivity index (χ2n) is 10.9. The number of unbranched alkanes of at least 4 members (excludes halogenated alkanes) is 1. The molecule has 4 rings (SSSR count). The Morgan fingerprint density at radius 3 is 2.20 bits per heavy atom. The Morgan fingerprint density at radius 2 is 1.52 bits per heavy atom. The van der Waals surface area contributed by atoms with Crippen LogP contribution in [0.3, 0.4) is 0 Å². The summed E-state index contributed by atoms with van der Waals surface area (Å²) < 4.78 is 19.5. The Hall–Kier alpha value is -4.08. The van der Waals surface area contributed by atoms with E-state index in [1.54, 1.807) is 4.68 Å². The minimum absolute atomic E-state index is 0. The number of benzene rings is 3. The van der Waals surface area contributed by atoms with Gasteiger partial charge in [0.15, 0.2) is 0 Å². The molecule has 1 heterocycles. The van der Waals surface area contributed by atoms with E-state index in [4.69, 9.17) is 19.9 Å². The standard InChI is InChI=1S/C34H43N5O4.ClH/c1-26(2)19-21-41-32-17-8-6-15-30(32)31-16-7-9-18-33(31)42-25-29-23-39(38-37-29)22-28(14-10-11-20-35)36-34(40)43-24-27-12-4-3-5-13-27;/h3-9,12-13,15-18,23,26,28H,10-11,14,19-22,24-25,35H2,1-2H3,(H,36,40);1H/t28-;/m1./s1. The van der Waals surface area contributed by atoms with E-state index in [0.717, 1.165) is 53.9 Å². The lowest BCUT2D eigenvalue weighted by atomic mass is 10.0. The summed E-state index contributed by atoms with van der Waals surface area (Å²) >= 11 is 0. The normalized spacial score (nSPS) is 11.5. The van der Waals surface area contributed by atoms with E-state index in [1.165, 1.54) is 0 Å². The summed E-state index contributed by atoms with van der Waals surface area (Å²) in [5, 5.41) is 11.6. The van der Waals surface area contributed by atoms with Crippen molar-refractivity contribution in [2.45, 2.75) is 65.3 Å². The lowest BCUT2D eigenvalue weighted by Crippen LogP contribution is -2.38. The predicted octanol–water partition coefficient (Wildman–Crippen LogP) is 6.79. The van der Waals surface area contributed by atoms with E-state index in [1.807, 2.05) is 85.1 Å². The first-order chi connectivity index (χ1) is 21.0. The molecule has 0 saturated carbocycles. The maximum absolute atomic E-state index is 12.5. The Balaban J connectivity index is 0.00000529. The van der Waals surface area contributed by atoms with Gasteiger partial charge in [-0.3, -0.25) is 4.68 Å². The average Bonchev–Trinajstić information content (AvgIpc) is 3.47. The highest BCUT2D eigenvalue weighted by Gasteiger charge is 2.16. The van der Waals surface area contributed by atoms with Crippen LogP contribution < -0.4 is 20.5 Å². The summed E-state index contributed by atoms with van der Waals surface area (Å²) in [5.41, 5.74) is 9.24. The molecule has 0 saturated heterocycles. The smallest absolute Gasteiger partial charge is 0.407 e. The molecular formula is C34H44ClN5O4. The fourth-order valence-electron chi connectivity index (χ4n) is 4.58. The molecule has 4 aromatic rings. The molecule has 9 nitrogen and oxygen atoms in total. The molecule has 0 unspecified atom stereocenters. The maximum atomic E-state index is 12.5. The highest BCUT2D eigenvalue weighted by Crippen LogP contribution is 2.36. The summed E-state index contributed by atoms with van der Waals surface area (Å²) in [4.78, 5) is 12.5. The van der Waals surface area contributed by atoms with E-state index in [9.17, 15) is 4.79 Å². The number of halogens is 1. The Bertz CT molecular complexity index is 1400. The Morgan fingerprint density at radius 1 is 0.864 bits per heavy atom. The average molecular weight is 622 g/mol. The molecule has 236 valence electrons. The molecule has 10 heteroatoms. The van der Waals surface area contributed by atoms with Gasteiger partial charge in [-0.05, 0) is 49.4 Å². The molecule has 0 fully saturated rings. The van der Waals surface area contributed by atoms with Crippen LogP contribution in [0.2, 0.25) is 0 Å². The van der Waals surface area contributed by atoms with Crippen LogP contribution in [0.5, 0.6) is 11.5 Å². The van der Waals surface area contributed by atoms with Crippen LogP contribution in [0, 0.1) is 5.92 Å². The van der Waals surface area contributed by atoms with Crippen molar-refractivity contribution < 1.29 is 19.0 Å². The molecule has 0 bridgehead atoms. The Kier molecular flexibility index (Phi) is 14.5. The number of ether oxygens (including phenoxy) is 3. The van der Waals surface area contributed by atoms with Crippen molar-refractivity contribution in [1.29, 1.82) is 0 Å². The van der Waals surface area contributed by atoms with Gasteiger partial charge in [-0.1, -0.05) is 92.2 Å². The molecule has 1 aromatic heterocycles. The van der Waals surface area contributed by atoms with Gasteiger partial charge in [0, 0.05) is 11.1 Å². The summed E-state index contributed by atoms with van der Waals surface area (Å²) in [6.45, 7) is 6.55. The molecule has 3 aromatic carbocycles. The van der Waals surface area contributed by atoms with E-state index in [-0.39, 0.29) is 31.7 Å². The van der Waals surface area contributed by atoms with E-state index in [2.05, 4.69) is 29.5 Å². The fourth-order valence-corrected chi connectivity index (χ4v) is 4.58.